The van der Waals surface area contributed by atoms with E-state index < -0.39 is 0 Å². The lowest BCUT2D eigenvalue weighted by atomic mass is 9.74. The summed E-state index contributed by atoms with van der Waals surface area (Å²) >= 11 is 0. The molecule has 0 spiro atoms. The molecule has 3 unspecified atom stereocenters. The van der Waals surface area contributed by atoms with Crippen LogP contribution in [0.2, 0.25) is 0 Å². The number of nitrogens with one attached hydrogen (secondary N) is 1. The van der Waals surface area contributed by atoms with Gasteiger partial charge < -0.3 is 5.32 Å². The summed E-state index contributed by atoms with van der Waals surface area (Å²) in [5, 5.41) is 3.89. The summed E-state index contributed by atoms with van der Waals surface area (Å²) < 4.78 is 0. The van der Waals surface area contributed by atoms with Crippen LogP contribution in [0.1, 0.15) is 71.8 Å². The number of hydrogen-bond acceptors (Lipinski definition) is 1. The van der Waals surface area contributed by atoms with E-state index in [0.29, 0.717) is 17.9 Å². The zero-order valence-corrected chi connectivity index (χ0v) is 14.7. The minimum Gasteiger partial charge on any atom is -0.313 e. The molecule has 1 rings (SSSR count). The van der Waals surface area contributed by atoms with E-state index in [1.165, 1.54) is 31.2 Å². The molecule has 0 bridgehead atoms. The Balaban J connectivity index is 3.10. The van der Waals surface area contributed by atoms with Crippen LogP contribution >= 0.6 is 0 Å². The van der Waals surface area contributed by atoms with Crippen LogP contribution in [-0.2, 0) is 0 Å². The molecule has 0 radical (unpaired) electrons. The van der Waals surface area contributed by atoms with E-state index in [9.17, 15) is 0 Å². The predicted octanol–water partition coefficient (Wildman–Crippen LogP) is 5.62. The van der Waals surface area contributed by atoms with Crippen molar-refractivity contribution in [1.29, 1.82) is 0 Å². The minimum atomic E-state index is 0.595. The van der Waals surface area contributed by atoms with Crippen LogP contribution in [-0.4, -0.2) is 12.6 Å². The molecule has 0 saturated heterocycles. The Labute approximate surface area is 132 Å². The molecule has 0 amide bonds. The second-order valence-corrected chi connectivity index (χ2v) is 6.38. The van der Waals surface area contributed by atoms with Gasteiger partial charge in [0.1, 0.15) is 0 Å². The highest BCUT2D eigenvalue weighted by Crippen LogP contribution is 2.35. The van der Waals surface area contributed by atoms with Crippen molar-refractivity contribution >= 4 is 0 Å². The van der Waals surface area contributed by atoms with Crippen LogP contribution in [0.15, 0.2) is 30.3 Å². The zero-order valence-electron chi connectivity index (χ0n) is 14.7. The molecule has 0 aliphatic carbocycles. The van der Waals surface area contributed by atoms with Crippen LogP contribution in [0, 0.1) is 11.8 Å². The van der Waals surface area contributed by atoms with Crippen molar-refractivity contribution in [2.45, 2.75) is 72.3 Å². The van der Waals surface area contributed by atoms with Crippen LogP contribution in [0.5, 0.6) is 0 Å². The van der Waals surface area contributed by atoms with Crippen LogP contribution < -0.4 is 5.32 Å². The molecule has 0 heterocycles. The fourth-order valence-electron chi connectivity index (χ4n) is 3.51. The highest BCUT2D eigenvalue weighted by atomic mass is 14.9. The Morgan fingerprint density at radius 2 is 1.52 bits per heavy atom. The third-order valence-electron chi connectivity index (χ3n) is 5.02. The molecule has 0 aromatic heterocycles. The third kappa shape index (κ3) is 5.14. The first-order valence-corrected chi connectivity index (χ1v) is 8.97. The van der Waals surface area contributed by atoms with E-state index in [-0.39, 0.29) is 0 Å². The number of rotatable bonds is 10. The van der Waals surface area contributed by atoms with Gasteiger partial charge in [-0.15, -0.1) is 0 Å². The molecule has 0 aliphatic rings. The van der Waals surface area contributed by atoms with Crippen LogP contribution in [0.3, 0.4) is 0 Å². The van der Waals surface area contributed by atoms with E-state index in [1.807, 2.05) is 0 Å². The first kappa shape index (κ1) is 18.2. The average molecular weight is 290 g/mol. The molecule has 0 saturated carbocycles. The summed E-state index contributed by atoms with van der Waals surface area (Å²) in [4.78, 5) is 0. The molecule has 1 aromatic carbocycles. The van der Waals surface area contributed by atoms with Crippen molar-refractivity contribution in [2.24, 2.45) is 11.8 Å². The molecular weight excluding hydrogens is 254 g/mol. The lowest BCUT2D eigenvalue weighted by Crippen LogP contribution is -2.43. The maximum absolute atomic E-state index is 3.89. The molecule has 0 fully saturated rings. The summed E-state index contributed by atoms with van der Waals surface area (Å²) in [6, 6.07) is 11.7. The van der Waals surface area contributed by atoms with E-state index >= 15 is 0 Å². The molecule has 0 aliphatic heterocycles. The van der Waals surface area contributed by atoms with E-state index in [0.717, 1.165) is 12.5 Å². The largest absolute Gasteiger partial charge is 0.313 e. The fraction of sp³-hybridized carbons (Fsp3) is 0.700. The monoisotopic (exact) mass is 289 g/mol. The van der Waals surface area contributed by atoms with Gasteiger partial charge in [-0.25, -0.2) is 0 Å². The lowest BCUT2D eigenvalue weighted by Gasteiger charge is -2.37. The topological polar surface area (TPSA) is 12.0 Å². The standard InChI is InChI=1S/C20H35N/c1-6-15-21-20(17(8-3)9-4)19(16(5)7-2)18-13-11-10-12-14-18/h10-14,16-17,19-21H,6-9,15H2,1-5H3. The van der Waals surface area contributed by atoms with Crippen molar-refractivity contribution < 1.29 is 0 Å². The minimum absolute atomic E-state index is 0.595. The van der Waals surface area contributed by atoms with Crippen molar-refractivity contribution in [3.8, 4) is 0 Å². The highest BCUT2D eigenvalue weighted by Gasteiger charge is 2.31. The zero-order chi connectivity index (χ0) is 15.7. The van der Waals surface area contributed by atoms with Crippen LogP contribution in [0.4, 0.5) is 0 Å². The van der Waals surface area contributed by atoms with Gasteiger partial charge in [0.05, 0.1) is 0 Å². The Kier molecular flexibility index (Phi) is 8.68. The number of benzene rings is 1. The summed E-state index contributed by atoms with van der Waals surface area (Å²) in [6.07, 6.45) is 4.97. The first-order chi connectivity index (χ1) is 10.2. The fourth-order valence-corrected chi connectivity index (χ4v) is 3.51. The quantitative estimate of drug-likeness (QED) is 0.589. The Morgan fingerprint density at radius 3 is 2.00 bits per heavy atom. The van der Waals surface area contributed by atoms with Gasteiger partial charge in [-0.05, 0) is 30.4 Å². The van der Waals surface area contributed by atoms with Gasteiger partial charge in [-0.2, -0.15) is 0 Å². The summed E-state index contributed by atoms with van der Waals surface area (Å²) in [5.41, 5.74) is 1.51. The molecule has 1 aromatic rings. The Hall–Kier alpha value is -0.820. The van der Waals surface area contributed by atoms with E-state index in [4.69, 9.17) is 0 Å². The molecular formula is C20H35N. The SMILES string of the molecule is CCCNC(C(CC)CC)C(c1ccccc1)C(C)CC. The molecule has 1 nitrogen and oxygen atoms in total. The maximum atomic E-state index is 3.89. The maximum Gasteiger partial charge on any atom is 0.0166 e. The van der Waals surface area contributed by atoms with Crippen molar-refractivity contribution in [2.75, 3.05) is 6.54 Å². The second kappa shape index (κ2) is 10.00. The second-order valence-electron chi connectivity index (χ2n) is 6.38. The Morgan fingerprint density at radius 1 is 0.905 bits per heavy atom. The van der Waals surface area contributed by atoms with Crippen LogP contribution in [0.25, 0.3) is 0 Å². The van der Waals surface area contributed by atoms with Gasteiger partial charge in [0.2, 0.25) is 0 Å². The summed E-state index contributed by atoms with van der Waals surface area (Å²) in [5.74, 6) is 2.09. The summed E-state index contributed by atoms with van der Waals surface area (Å²) in [6.45, 7) is 12.8. The van der Waals surface area contributed by atoms with Crippen molar-refractivity contribution in [3.63, 3.8) is 0 Å². The Bertz CT molecular complexity index is 355. The predicted molar refractivity (Wildman–Crippen MR) is 94.8 cm³/mol. The van der Waals surface area contributed by atoms with Gasteiger partial charge >= 0.3 is 0 Å². The third-order valence-corrected chi connectivity index (χ3v) is 5.02. The average Bonchev–Trinajstić information content (AvgIpc) is 2.54. The van der Waals surface area contributed by atoms with Gasteiger partial charge in [0.25, 0.3) is 0 Å². The molecule has 21 heavy (non-hydrogen) atoms. The van der Waals surface area contributed by atoms with E-state index in [1.54, 1.807) is 0 Å². The smallest absolute Gasteiger partial charge is 0.0166 e. The molecule has 3 atom stereocenters. The number of hydrogen-bond donors (Lipinski definition) is 1. The normalized spacial score (nSPS) is 15.9. The van der Waals surface area contributed by atoms with Gasteiger partial charge in [-0.3, -0.25) is 0 Å². The van der Waals surface area contributed by atoms with Gasteiger partial charge in [0, 0.05) is 12.0 Å². The lowest BCUT2D eigenvalue weighted by molar-refractivity contribution is 0.243. The van der Waals surface area contributed by atoms with Gasteiger partial charge in [0.15, 0.2) is 0 Å². The van der Waals surface area contributed by atoms with Crippen molar-refractivity contribution in [1.82, 2.24) is 5.32 Å². The highest BCUT2D eigenvalue weighted by molar-refractivity contribution is 5.22. The van der Waals surface area contributed by atoms with Crippen molar-refractivity contribution in [3.05, 3.63) is 35.9 Å². The first-order valence-electron chi connectivity index (χ1n) is 8.97. The molecule has 1 N–H and O–H groups in total. The molecule has 1 heteroatoms. The molecule has 120 valence electrons. The van der Waals surface area contributed by atoms with Gasteiger partial charge in [-0.1, -0.05) is 84.2 Å². The van der Waals surface area contributed by atoms with E-state index in [2.05, 4.69) is 70.3 Å². The summed E-state index contributed by atoms with van der Waals surface area (Å²) in [7, 11) is 0.